The Morgan fingerprint density at radius 3 is 2.42 bits per heavy atom. The van der Waals surface area contributed by atoms with E-state index in [1.165, 1.54) is 23.4 Å². The van der Waals surface area contributed by atoms with Crippen molar-refractivity contribution in [3.05, 3.63) is 96.6 Å². The predicted molar refractivity (Wildman–Crippen MR) is 253 cm³/mol. The number of nitrogens with zero attached hydrogens (tertiary/aromatic N) is 2. The first-order valence-electron chi connectivity index (χ1n) is 23.1. The largest absolute Gasteiger partial charge is 0.460 e. The van der Waals surface area contributed by atoms with Crippen LogP contribution in [-0.4, -0.2) is 91.9 Å². The molecule has 7 unspecified atom stereocenters. The average Bonchev–Trinajstić information content (AvgIpc) is 3.31. The molecular formula is C50H65N3O10S2. The van der Waals surface area contributed by atoms with E-state index in [4.69, 9.17) is 28.9 Å². The number of nitrogens with one attached hydrogen (secondary N) is 1. The Labute approximate surface area is 388 Å². The Balaban J connectivity index is 1.45. The summed E-state index contributed by atoms with van der Waals surface area (Å²) in [4.78, 5) is 19.3. The molecule has 3 N–H and O–H groups in total. The molecule has 352 valence electrons. The molecular weight excluding hydrogens is 867 g/mol. The first-order chi connectivity index (χ1) is 31.6. The highest BCUT2D eigenvalue weighted by Gasteiger charge is 2.66. The number of oxime groups is 1. The van der Waals surface area contributed by atoms with E-state index in [1.54, 1.807) is 30.0 Å². The first kappa shape index (κ1) is 48.7. The summed E-state index contributed by atoms with van der Waals surface area (Å²) < 4.78 is 59.1. The monoisotopic (exact) mass is 931 g/mol. The third-order valence-corrected chi connectivity index (χ3v) is 15.6. The number of hydrogen-bond acceptors (Lipinski definition) is 12. The summed E-state index contributed by atoms with van der Waals surface area (Å²) >= 11 is 1.66. The molecule has 1 saturated heterocycles. The Morgan fingerprint density at radius 2 is 1.75 bits per heavy atom. The van der Waals surface area contributed by atoms with Crippen LogP contribution in [0.5, 0.6) is 17.2 Å². The molecule has 0 radical (unpaired) electrons. The van der Waals surface area contributed by atoms with Crippen molar-refractivity contribution >= 4 is 39.1 Å². The van der Waals surface area contributed by atoms with Crippen LogP contribution in [0, 0.1) is 17.8 Å². The van der Waals surface area contributed by atoms with E-state index in [2.05, 4.69) is 24.0 Å². The average molecular weight is 932 g/mol. The summed E-state index contributed by atoms with van der Waals surface area (Å²) in [5.74, 6) is -0.857. The van der Waals surface area contributed by atoms with Crippen molar-refractivity contribution in [2.45, 2.75) is 118 Å². The molecule has 0 spiro atoms. The van der Waals surface area contributed by atoms with Crippen molar-refractivity contribution in [1.29, 1.82) is 0 Å². The minimum Gasteiger partial charge on any atom is -0.460 e. The number of carbonyl (C=O) groups excluding carboxylic acids is 1. The van der Waals surface area contributed by atoms with Crippen LogP contribution in [0.4, 0.5) is 5.69 Å². The molecule has 2 aliphatic heterocycles. The van der Waals surface area contributed by atoms with Crippen LogP contribution in [0.25, 0.3) is 0 Å². The molecule has 3 aromatic carbocycles. The van der Waals surface area contributed by atoms with Gasteiger partial charge in [-0.3, -0.25) is 4.79 Å². The maximum atomic E-state index is 15.3. The van der Waals surface area contributed by atoms with Crippen LogP contribution in [0.3, 0.4) is 0 Å². The number of aliphatic hydroxyl groups is 2. The van der Waals surface area contributed by atoms with Gasteiger partial charge in [-0.2, -0.15) is 4.31 Å². The van der Waals surface area contributed by atoms with E-state index in [0.29, 0.717) is 60.9 Å². The fraction of sp³-hybridized carbons (Fsp3) is 0.520. The molecule has 15 heteroatoms. The zero-order valence-corrected chi connectivity index (χ0v) is 39.5. The Morgan fingerprint density at radius 1 is 1.02 bits per heavy atom. The zero-order chi connectivity index (χ0) is 46.0. The first-order valence-corrected chi connectivity index (χ1v) is 25.8. The van der Waals surface area contributed by atoms with Gasteiger partial charge in [0.15, 0.2) is 0 Å². The van der Waals surface area contributed by atoms with Gasteiger partial charge in [-0.1, -0.05) is 37.1 Å². The van der Waals surface area contributed by atoms with Crippen molar-refractivity contribution < 1.29 is 47.2 Å². The number of anilines is 1. The van der Waals surface area contributed by atoms with Gasteiger partial charge in [0.05, 0.1) is 35.8 Å². The van der Waals surface area contributed by atoms with Gasteiger partial charge < -0.3 is 39.3 Å². The third-order valence-electron chi connectivity index (χ3n) is 12.9. The van der Waals surface area contributed by atoms with Crippen LogP contribution in [0.1, 0.15) is 96.0 Å². The second-order valence-electron chi connectivity index (χ2n) is 17.3. The number of allylic oxidation sites excluding steroid dienone is 1. The van der Waals surface area contributed by atoms with Crippen molar-refractivity contribution in [2.75, 3.05) is 44.5 Å². The standard InChI is InChI=1S/C50H65N3O10S2/c1-5-26-53(65(57,58)40-23-16-36(17-24-40)51-34(3)56)46-33-44(52-63-47-15-9-12-30-59-47)42-31-35(13-7-10-27-54)41(14-8-11-28-55)48-43-32-38(61-37-18-21-39(64-4)22-19-37)20-25-45(43)62-50(46,49(42)48)60-29-6-2/h6,16-25,31-32,35,41,46-49,54-55H,2,5,7-15,26-30,33H2,1,3-4H3,(H,51,56). The summed E-state index contributed by atoms with van der Waals surface area (Å²) in [6.07, 6.45) is 12.9. The zero-order valence-electron chi connectivity index (χ0n) is 37.9. The second-order valence-corrected chi connectivity index (χ2v) is 20.0. The number of hydrogen-bond donors (Lipinski definition) is 3. The van der Waals surface area contributed by atoms with Crippen LogP contribution >= 0.6 is 11.8 Å². The quantitative estimate of drug-likeness (QED) is 0.0381. The number of benzene rings is 3. The molecule has 2 heterocycles. The van der Waals surface area contributed by atoms with Crippen molar-refractivity contribution in [2.24, 2.45) is 22.9 Å². The molecule has 1 saturated carbocycles. The van der Waals surface area contributed by atoms with Crippen LogP contribution in [0.2, 0.25) is 0 Å². The molecule has 65 heavy (non-hydrogen) atoms. The fourth-order valence-corrected chi connectivity index (χ4v) is 12.2. The van der Waals surface area contributed by atoms with E-state index in [9.17, 15) is 15.0 Å². The van der Waals surface area contributed by atoms with Gasteiger partial charge in [-0.15, -0.1) is 18.3 Å². The molecule has 7 atom stereocenters. The van der Waals surface area contributed by atoms with Gasteiger partial charge in [-0.05, 0) is 135 Å². The summed E-state index contributed by atoms with van der Waals surface area (Å²) in [6.45, 7) is 8.28. The van der Waals surface area contributed by atoms with Gasteiger partial charge in [0, 0.05) is 61.6 Å². The Hall–Kier alpha value is -4.22. The van der Waals surface area contributed by atoms with E-state index >= 15 is 8.42 Å². The van der Waals surface area contributed by atoms with Gasteiger partial charge in [-0.25, -0.2) is 8.42 Å². The molecule has 2 aliphatic carbocycles. The lowest BCUT2D eigenvalue weighted by Crippen LogP contribution is -2.70. The van der Waals surface area contributed by atoms with Crippen LogP contribution in [0.15, 0.2) is 106 Å². The minimum absolute atomic E-state index is 0.0142. The maximum absolute atomic E-state index is 15.3. The number of aliphatic hydroxyl groups excluding tert-OH is 2. The van der Waals surface area contributed by atoms with Crippen LogP contribution in [-0.2, 0) is 29.1 Å². The fourth-order valence-electron chi connectivity index (χ4n) is 10.1. The van der Waals surface area contributed by atoms with Crippen molar-refractivity contribution in [1.82, 2.24) is 4.31 Å². The normalized spacial score (nSPS) is 25.5. The molecule has 2 fully saturated rings. The summed E-state index contributed by atoms with van der Waals surface area (Å²) in [5.41, 5.74) is 2.86. The molecule has 0 aromatic heterocycles. The topological polar surface area (TPSA) is 165 Å². The summed E-state index contributed by atoms with van der Waals surface area (Å²) in [6, 6.07) is 19.0. The summed E-state index contributed by atoms with van der Waals surface area (Å²) in [7, 11) is -4.26. The van der Waals surface area contributed by atoms with Gasteiger partial charge >= 0.3 is 0 Å². The lowest BCUT2D eigenvalue weighted by atomic mass is 9.55. The van der Waals surface area contributed by atoms with Gasteiger partial charge in [0.25, 0.3) is 0 Å². The molecule has 4 aliphatic rings. The smallest absolute Gasteiger partial charge is 0.243 e. The molecule has 0 bridgehead atoms. The number of amides is 1. The molecule has 13 nitrogen and oxygen atoms in total. The lowest BCUT2D eigenvalue weighted by Gasteiger charge is -2.59. The minimum atomic E-state index is -4.26. The Kier molecular flexibility index (Phi) is 16.9. The third kappa shape index (κ3) is 11.0. The summed E-state index contributed by atoms with van der Waals surface area (Å²) in [5, 5.41) is 27.6. The van der Waals surface area contributed by atoms with E-state index in [0.717, 1.165) is 54.6 Å². The number of thioether (sulfide) groups is 1. The molecule has 7 rings (SSSR count). The number of carbonyl (C=O) groups is 1. The number of rotatable bonds is 22. The number of sulfonamides is 1. The number of unbranched alkanes of at least 4 members (excludes halogenated alkanes) is 2. The van der Waals surface area contributed by atoms with Gasteiger partial charge in [0.1, 0.15) is 17.2 Å². The van der Waals surface area contributed by atoms with Gasteiger partial charge in [0.2, 0.25) is 28.0 Å². The molecule has 3 aromatic rings. The maximum Gasteiger partial charge on any atom is 0.243 e. The van der Waals surface area contributed by atoms with Crippen molar-refractivity contribution in [3.63, 3.8) is 0 Å². The Bertz CT molecular complexity index is 2250. The highest BCUT2D eigenvalue weighted by molar-refractivity contribution is 7.98. The van der Waals surface area contributed by atoms with Crippen molar-refractivity contribution in [3.8, 4) is 17.2 Å². The highest BCUT2D eigenvalue weighted by atomic mass is 32.2. The van der Waals surface area contributed by atoms with E-state index in [-0.39, 0.29) is 61.3 Å². The SMILES string of the molecule is C=CCOC12Oc3ccc(Oc4ccc(SC)cc4)cc3C3C(CCCCO)C(CCCCO)C=C(C(=NOC4CCCCO4)CC1N(CCC)S(=O)(=O)c1ccc(NC(C)=O)cc1)C32. The highest BCUT2D eigenvalue weighted by Crippen LogP contribution is 2.62. The number of ether oxygens (including phenoxy) is 4. The molecule has 1 amide bonds. The lowest BCUT2D eigenvalue weighted by molar-refractivity contribution is -0.251. The second kappa shape index (κ2) is 22.5. The van der Waals surface area contributed by atoms with E-state index in [1.807, 2.05) is 49.6 Å². The predicted octanol–water partition coefficient (Wildman–Crippen LogP) is 9.42. The van der Waals surface area contributed by atoms with E-state index < -0.39 is 34.1 Å². The number of fused-ring (bicyclic) bond motifs is 2. The van der Waals surface area contributed by atoms with Crippen LogP contribution < -0.4 is 14.8 Å².